The van der Waals surface area contributed by atoms with Crippen LogP contribution in [0, 0.1) is 13.8 Å². The van der Waals surface area contributed by atoms with Gasteiger partial charge in [0.25, 0.3) is 0 Å². The number of ketones is 1. The predicted molar refractivity (Wildman–Crippen MR) is 124 cm³/mol. The molecule has 0 unspecified atom stereocenters. The van der Waals surface area contributed by atoms with Crippen molar-refractivity contribution < 1.29 is 14.3 Å². The third kappa shape index (κ3) is 3.72. The lowest BCUT2D eigenvalue weighted by Crippen LogP contribution is -2.15. The van der Waals surface area contributed by atoms with Crippen LogP contribution in [0.5, 0.6) is 11.5 Å². The number of thioether (sulfide) groups is 1. The number of benzene rings is 1. The highest BCUT2D eigenvalue weighted by Gasteiger charge is 2.20. The number of hydrogen-bond acceptors (Lipinski definition) is 6. The minimum atomic E-state index is -0.00299. The molecule has 0 atom stereocenters. The molecule has 0 fully saturated rings. The number of aryl methyl sites for hydroxylation is 1. The summed E-state index contributed by atoms with van der Waals surface area (Å²) < 4.78 is 15.1. The zero-order chi connectivity index (χ0) is 22.4. The molecule has 0 radical (unpaired) electrons. The number of pyridine rings is 1. The smallest absolute Gasteiger partial charge is 0.196 e. The summed E-state index contributed by atoms with van der Waals surface area (Å²) in [5.41, 5.74) is 3.90. The molecule has 3 aromatic heterocycles. The molecule has 1 aliphatic heterocycles. The van der Waals surface area contributed by atoms with Gasteiger partial charge < -0.3 is 14.0 Å². The second kappa shape index (κ2) is 8.35. The number of aromatic nitrogens is 4. The normalized spacial score (nSPS) is 13.0. The first-order valence-electron chi connectivity index (χ1n) is 9.87. The summed E-state index contributed by atoms with van der Waals surface area (Å²) in [6.07, 6.45) is 1.68. The summed E-state index contributed by atoms with van der Waals surface area (Å²) >= 11 is 13.6. The zero-order valence-electron chi connectivity index (χ0n) is 17.3. The number of carbonyl (C=O) groups is 1. The number of halogens is 2. The van der Waals surface area contributed by atoms with E-state index >= 15 is 0 Å². The fourth-order valence-corrected chi connectivity index (χ4v) is 5.12. The van der Waals surface area contributed by atoms with Crippen LogP contribution in [0.1, 0.15) is 21.7 Å². The molecule has 0 aliphatic carbocycles. The number of ether oxygens (including phenoxy) is 2. The zero-order valence-corrected chi connectivity index (χ0v) is 19.6. The molecule has 1 aromatic carbocycles. The van der Waals surface area contributed by atoms with Crippen LogP contribution < -0.4 is 9.47 Å². The van der Waals surface area contributed by atoms with Crippen LogP contribution in [0.2, 0.25) is 10.0 Å². The largest absolute Gasteiger partial charge is 0.486 e. The predicted octanol–water partition coefficient (Wildman–Crippen LogP) is 5.19. The molecule has 1 aliphatic rings. The van der Waals surface area contributed by atoms with Gasteiger partial charge in [0.15, 0.2) is 28.1 Å². The van der Waals surface area contributed by atoms with E-state index in [0.29, 0.717) is 45.4 Å². The Balaban J connectivity index is 1.40. The van der Waals surface area contributed by atoms with E-state index in [-0.39, 0.29) is 11.5 Å². The second-order valence-corrected chi connectivity index (χ2v) is 9.13. The lowest BCUT2D eigenvalue weighted by atomic mass is 10.2. The van der Waals surface area contributed by atoms with Gasteiger partial charge in [0.2, 0.25) is 0 Å². The molecule has 7 nitrogen and oxygen atoms in total. The number of carbonyl (C=O) groups excluding carboxylic acids is 1. The van der Waals surface area contributed by atoms with Gasteiger partial charge in [0, 0.05) is 34.9 Å². The van der Waals surface area contributed by atoms with Gasteiger partial charge in [-0.2, -0.15) is 0 Å². The van der Waals surface area contributed by atoms with Gasteiger partial charge in [-0.25, -0.2) is 0 Å². The van der Waals surface area contributed by atoms with Gasteiger partial charge in [-0.1, -0.05) is 35.0 Å². The van der Waals surface area contributed by atoms with Crippen molar-refractivity contribution in [1.82, 2.24) is 19.2 Å². The third-order valence-electron chi connectivity index (χ3n) is 5.24. The lowest BCUT2D eigenvalue weighted by molar-refractivity contribution is 0.102. The minimum absolute atomic E-state index is 0.00299. The van der Waals surface area contributed by atoms with E-state index in [1.165, 1.54) is 11.8 Å². The van der Waals surface area contributed by atoms with Crippen molar-refractivity contribution in [2.24, 2.45) is 0 Å². The molecule has 0 bridgehead atoms. The Bertz CT molecular complexity index is 1370. The highest BCUT2D eigenvalue weighted by Crippen LogP contribution is 2.34. The SMILES string of the molecule is Cc1cc(C(=O)CSc2nnc3c(Cl)cc(Cl)cn23)c(C)n1-c1ccc2c(c1)OCCO2. The maximum Gasteiger partial charge on any atom is 0.196 e. The van der Waals surface area contributed by atoms with Crippen molar-refractivity contribution in [1.29, 1.82) is 0 Å². The maximum atomic E-state index is 13.1. The van der Waals surface area contributed by atoms with Gasteiger partial charge in [-0.05, 0) is 38.1 Å². The summed E-state index contributed by atoms with van der Waals surface area (Å²) in [6, 6.07) is 9.32. The summed E-state index contributed by atoms with van der Waals surface area (Å²) in [5, 5.41) is 9.66. The number of Topliss-reactive ketones (excluding diaryl/α,β-unsaturated/α-hetero) is 1. The average molecular weight is 489 g/mol. The molecule has 0 amide bonds. The molecule has 0 saturated heterocycles. The van der Waals surface area contributed by atoms with Crippen molar-refractivity contribution in [3.05, 3.63) is 63.5 Å². The fourth-order valence-electron chi connectivity index (χ4n) is 3.82. The van der Waals surface area contributed by atoms with Crippen LogP contribution in [0.15, 0.2) is 41.7 Å². The Morgan fingerprint density at radius 3 is 2.69 bits per heavy atom. The molecule has 0 N–H and O–H groups in total. The summed E-state index contributed by atoms with van der Waals surface area (Å²) in [7, 11) is 0. The average Bonchev–Trinajstić information content (AvgIpc) is 3.32. The van der Waals surface area contributed by atoms with Gasteiger partial charge in [0.05, 0.1) is 15.8 Å². The van der Waals surface area contributed by atoms with E-state index in [1.807, 2.05) is 42.7 Å². The summed E-state index contributed by atoms with van der Waals surface area (Å²) in [4.78, 5) is 13.1. The number of nitrogens with zero attached hydrogens (tertiary/aromatic N) is 4. The minimum Gasteiger partial charge on any atom is -0.486 e. The molecule has 32 heavy (non-hydrogen) atoms. The first-order valence-corrected chi connectivity index (χ1v) is 11.6. The Labute approximate surface area is 198 Å². The monoisotopic (exact) mass is 488 g/mol. The van der Waals surface area contributed by atoms with Crippen molar-refractivity contribution >= 4 is 46.4 Å². The second-order valence-electron chi connectivity index (χ2n) is 7.34. The molecule has 0 saturated carbocycles. The van der Waals surface area contributed by atoms with Crippen LogP contribution in [0.3, 0.4) is 0 Å². The molecular weight excluding hydrogens is 471 g/mol. The van der Waals surface area contributed by atoms with Crippen LogP contribution in [0.25, 0.3) is 11.3 Å². The van der Waals surface area contributed by atoms with Gasteiger partial charge in [-0.3, -0.25) is 9.20 Å². The van der Waals surface area contributed by atoms with Crippen LogP contribution in [0.4, 0.5) is 0 Å². The highest BCUT2D eigenvalue weighted by atomic mass is 35.5. The Morgan fingerprint density at radius 1 is 1.09 bits per heavy atom. The fraction of sp³-hybridized carbons (Fsp3) is 0.227. The van der Waals surface area contributed by atoms with E-state index in [0.717, 1.165) is 22.8 Å². The van der Waals surface area contributed by atoms with E-state index in [1.54, 1.807) is 16.7 Å². The van der Waals surface area contributed by atoms with Crippen molar-refractivity contribution in [2.75, 3.05) is 19.0 Å². The molecule has 164 valence electrons. The number of rotatable bonds is 5. The van der Waals surface area contributed by atoms with Gasteiger partial charge in [0.1, 0.15) is 13.2 Å². The maximum absolute atomic E-state index is 13.1. The standard InChI is InChI=1S/C22H18Cl2N4O3S/c1-12-7-16(13(2)28(12)15-3-4-19-20(9-15)31-6-5-30-19)18(29)11-32-22-26-25-21-17(24)8-14(23)10-27(21)22/h3-4,7-10H,5-6,11H2,1-2H3. The molecular formula is C22H18Cl2N4O3S. The quantitative estimate of drug-likeness (QED) is 0.284. The topological polar surface area (TPSA) is 70.7 Å². The molecule has 4 aromatic rings. The van der Waals surface area contributed by atoms with Crippen LogP contribution >= 0.6 is 35.0 Å². The van der Waals surface area contributed by atoms with Crippen LogP contribution in [-0.2, 0) is 0 Å². The Kier molecular flexibility index (Phi) is 5.53. The van der Waals surface area contributed by atoms with E-state index in [4.69, 9.17) is 32.7 Å². The van der Waals surface area contributed by atoms with Crippen LogP contribution in [-0.4, -0.2) is 43.9 Å². The van der Waals surface area contributed by atoms with Crippen molar-refractivity contribution in [3.8, 4) is 17.2 Å². The summed E-state index contributed by atoms with van der Waals surface area (Å²) in [6.45, 7) is 4.98. The van der Waals surface area contributed by atoms with Crippen molar-refractivity contribution in [2.45, 2.75) is 19.0 Å². The molecule has 0 spiro atoms. The molecule has 4 heterocycles. The summed E-state index contributed by atoms with van der Waals surface area (Å²) in [5.74, 6) is 1.64. The van der Waals surface area contributed by atoms with E-state index in [2.05, 4.69) is 10.2 Å². The van der Waals surface area contributed by atoms with Gasteiger partial charge >= 0.3 is 0 Å². The Morgan fingerprint density at radius 2 is 1.88 bits per heavy atom. The highest BCUT2D eigenvalue weighted by molar-refractivity contribution is 7.99. The Hall–Kier alpha value is -2.68. The first kappa shape index (κ1) is 21.2. The molecule has 10 heteroatoms. The van der Waals surface area contributed by atoms with Crippen molar-refractivity contribution in [3.63, 3.8) is 0 Å². The number of fused-ring (bicyclic) bond motifs is 2. The van der Waals surface area contributed by atoms with E-state index < -0.39 is 0 Å². The third-order valence-corrected chi connectivity index (χ3v) is 6.67. The van der Waals surface area contributed by atoms with Gasteiger partial charge in [-0.15, -0.1) is 10.2 Å². The lowest BCUT2D eigenvalue weighted by Gasteiger charge is -2.20. The molecule has 5 rings (SSSR count). The number of hydrogen-bond donors (Lipinski definition) is 0. The van der Waals surface area contributed by atoms with E-state index in [9.17, 15) is 4.79 Å². The first-order chi connectivity index (χ1) is 15.4.